The number of carbonyl (C=O) groups excluding carboxylic acids is 2. The maximum Gasteiger partial charge on any atom is 0.408 e. The maximum atomic E-state index is 12.3. The Hall–Kier alpha value is -2.04. The third-order valence-electron chi connectivity index (χ3n) is 3.40. The summed E-state index contributed by atoms with van der Waals surface area (Å²) >= 11 is 0. The average molecular weight is 320 g/mol. The molecule has 0 radical (unpaired) electrons. The highest BCUT2D eigenvalue weighted by Crippen LogP contribution is 2.08. The summed E-state index contributed by atoms with van der Waals surface area (Å²) in [6.45, 7) is 9.66. The number of benzene rings is 1. The Kier molecular flexibility index (Phi) is 7.07. The van der Waals surface area contributed by atoms with Gasteiger partial charge >= 0.3 is 6.09 Å². The first-order chi connectivity index (χ1) is 10.7. The number of hydrogen-bond acceptors (Lipinski definition) is 3. The molecular weight excluding hydrogens is 292 g/mol. The molecule has 0 bridgehead atoms. The van der Waals surface area contributed by atoms with Crippen molar-refractivity contribution < 1.29 is 14.3 Å². The molecule has 1 rings (SSSR count). The number of carbonyl (C=O) groups is 2. The van der Waals surface area contributed by atoms with E-state index in [-0.39, 0.29) is 18.6 Å². The molecule has 0 aromatic heterocycles. The van der Waals surface area contributed by atoms with Gasteiger partial charge < -0.3 is 15.4 Å². The second-order valence-corrected chi connectivity index (χ2v) is 6.82. The lowest BCUT2D eigenvalue weighted by Gasteiger charge is -2.27. The number of alkyl carbamates (subject to hydrolysis) is 1. The standard InChI is InChI=1S/C18H28N2O3/c1-13(2)11-14(3)19-16(21)18(4,5)20-17(22)23-12-15-9-7-6-8-10-15/h6-10,13-14H,11-12H2,1-5H3,(H,19,21)(H,20,22)/t14-/m1/s1. The summed E-state index contributed by atoms with van der Waals surface area (Å²) in [5.41, 5.74) is -0.130. The lowest BCUT2D eigenvalue weighted by Crippen LogP contribution is -2.56. The Morgan fingerprint density at radius 2 is 1.74 bits per heavy atom. The van der Waals surface area contributed by atoms with Crippen LogP contribution in [0.3, 0.4) is 0 Å². The van der Waals surface area contributed by atoms with Gasteiger partial charge in [-0.25, -0.2) is 4.79 Å². The summed E-state index contributed by atoms with van der Waals surface area (Å²) in [7, 11) is 0. The first-order valence-electron chi connectivity index (χ1n) is 8.00. The zero-order valence-electron chi connectivity index (χ0n) is 14.7. The molecule has 0 aliphatic rings. The van der Waals surface area contributed by atoms with Gasteiger partial charge in [-0.2, -0.15) is 0 Å². The van der Waals surface area contributed by atoms with Crippen LogP contribution < -0.4 is 10.6 Å². The van der Waals surface area contributed by atoms with E-state index in [2.05, 4.69) is 24.5 Å². The van der Waals surface area contributed by atoms with Crippen LogP contribution in [-0.4, -0.2) is 23.6 Å². The normalized spacial score (nSPS) is 12.6. The minimum Gasteiger partial charge on any atom is -0.445 e. The zero-order chi connectivity index (χ0) is 17.5. The van der Waals surface area contributed by atoms with Crippen molar-refractivity contribution in [1.29, 1.82) is 0 Å². The smallest absolute Gasteiger partial charge is 0.408 e. The molecule has 0 unspecified atom stereocenters. The largest absolute Gasteiger partial charge is 0.445 e. The SMILES string of the molecule is CC(C)C[C@@H](C)NC(=O)C(C)(C)NC(=O)OCc1ccccc1. The molecule has 0 saturated heterocycles. The average Bonchev–Trinajstić information content (AvgIpc) is 2.44. The number of rotatable bonds is 7. The van der Waals surface area contributed by atoms with Gasteiger partial charge in [0.1, 0.15) is 12.1 Å². The summed E-state index contributed by atoms with van der Waals surface area (Å²) in [5.74, 6) is 0.277. The molecule has 1 atom stereocenters. The first kappa shape index (κ1) is 19.0. The fraction of sp³-hybridized carbons (Fsp3) is 0.556. The molecule has 0 aliphatic carbocycles. The molecule has 0 saturated carbocycles. The molecule has 2 amide bonds. The van der Waals surface area contributed by atoms with Crippen LogP contribution in [0.4, 0.5) is 4.79 Å². The van der Waals surface area contributed by atoms with Crippen molar-refractivity contribution in [1.82, 2.24) is 10.6 Å². The van der Waals surface area contributed by atoms with Crippen LogP contribution >= 0.6 is 0 Å². The number of nitrogens with one attached hydrogen (secondary N) is 2. The second-order valence-electron chi connectivity index (χ2n) is 6.82. The summed E-state index contributed by atoms with van der Waals surface area (Å²) in [4.78, 5) is 24.2. The predicted octanol–water partition coefficient (Wildman–Crippen LogP) is 3.24. The lowest BCUT2D eigenvalue weighted by molar-refractivity contribution is -0.127. The van der Waals surface area contributed by atoms with Crippen LogP contribution in [-0.2, 0) is 16.1 Å². The van der Waals surface area contributed by atoms with Crippen molar-refractivity contribution >= 4 is 12.0 Å². The highest BCUT2D eigenvalue weighted by molar-refractivity contribution is 5.89. The lowest BCUT2D eigenvalue weighted by atomic mass is 10.0. The van der Waals surface area contributed by atoms with Crippen LogP contribution in [0.1, 0.15) is 46.6 Å². The Morgan fingerprint density at radius 3 is 2.30 bits per heavy atom. The van der Waals surface area contributed by atoms with Crippen molar-refractivity contribution in [2.75, 3.05) is 0 Å². The van der Waals surface area contributed by atoms with Crippen LogP contribution in [0.25, 0.3) is 0 Å². The van der Waals surface area contributed by atoms with Gasteiger partial charge in [0.25, 0.3) is 0 Å². The number of ether oxygens (including phenoxy) is 1. The molecular formula is C18H28N2O3. The molecule has 0 spiro atoms. The molecule has 0 aliphatic heterocycles. The zero-order valence-corrected chi connectivity index (χ0v) is 14.7. The summed E-state index contributed by atoms with van der Waals surface area (Å²) in [5, 5.41) is 5.53. The number of hydrogen-bond donors (Lipinski definition) is 2. The van der Waals surface area contributed by atoms with E-state index >= 15 is 0 Å². The van der Waals surface area contributed by atoms with Crippen LogP contribution in [0, 0.1) is 5.92 Å². The quantitative estimate of drug-likeness (QED) is 0.810. The molecule has 2 N–H and O–H groups in total. The predicted molar refractivity (Wildman–Crippen MR) is 90.9 cm³/mol. The van der Waals surface area contributed by atoms with Crippen molar-refractivity contribution in [3.8, 4) is 0 Å². The van der Waals surface area contributed by atoms with E-state index in [9.17, 15) is 9.59 Å². The third-order valence-corrected chi connectivity index (χ3v) is 3.40. The van der Waals surface area contributed by atoms with Gasteiger partial charge in [-0.05, 0) is 38.7 Å². The third kappa shape index (κ3) is 7.17. The molecule has 5 heteroatoms. The highest BCUT2D eigenvalue weighted by atomic mass is 16.5. The van der Waals surface area contributed by atoms with E-state index in [1.54, 1.807) is 13.8 Å². The molecule has 128 valence electrons. The minimum atomic E-state index is -1.03. The van der Waals surface area contributed by atoms with Crippen LogP contribution in [0.15, 0.2) is 30.3 Å². The Balaban J connectivity index is 2.46. The Bertz CT molecular complexity index is 512. The van der Waals surface area contributed by atoms with Crippen LogP contribution in [0.5, 0.6) is 0 Å². The van der Waals surface area contributed by atoms with E-state index < -0.39 is 11.6 Å². The topological polar surface area (TPSA) is 67.4 Å². The fourth-order valence-corrected chi connectivity index (χ4v) is 2.24. The molecule has 0 heterocycles. The maximum absolute atomic E-state index is 12.3. The van der Waals surface area contributed by atoms with E-state index in [1.165, 1.54) is 0 Å². The van der Waals surface area contributed by atoms with Gasteiger partial charge in [-0.3, -0.25) is 4.79 Å². The van der Waals surface area contributed by atoms with Gasteiger partial charge in [-0.15, -0.1) is 0 Å². The monoisotopic (exact) mass is 320 g/mol. The Morgan fingerprint density at radius 1 is 1.13 bits per heavy atom. The molecule has 5 nitrogen and oxygen atoms in total. The molecule has 1 aromatic carbocycles. The highest BCUT2D eigenvalue weighted by Gasteiger charge is 2.31. The van der Waals surface area contributed by atoms with Crippen molar-refractivity contribution in [2.24, 2.45) is 5.92 Å². The number of amides is 2. The molecule has 23 heavy (non-hydrogen) atoms. The molecule has 0 fully saturated rings. The van der Waals surface area contributed by atoms with E-state index in [1.807, 2.05) is 37.3 Å². The fourth-order valence-electron chi connectivity index (χ4n) is 2.24. The first-order valence-corrected chi connectivity index (χ1v) is 8.00. The van der Waals surface area contributed by atoms with Crippen LogP contribution in [0.2, 0.25) is 0 Å². The van der Waals surface area contributed by atoms with Gasteiger partial charge in [-0.1, -0.05) is 44.2 Å². The molecule has 1 aromatic rings. The van der Waals surface area contributed by atoms with Gasteiger partial charge in [0, 0.05) is 6.04 Å². The van der Waals surface area contributed by atoms with E-state index in [0.29, 0.717) is 5.92 Å². The second kappa shape index (κ2) is 8.56. The van der Waals surface area contributed by atoms with Gasteiger partial charge in [0.05, 0.1) is 0 Å². The summed E-state index contributed by atoms with van der Waals surface area (Å²) < 4.78 is 5.15. The summed E-state index contributed by atoms with van der Waals surface area (Å²) in [6, 6.07) is 9.46. The van der Waals surface area contributed by atoms with Crippen molar-refractivity contribution in [2.45, 2.75) is 59.2 Å². The Labute approximate surface area is 138 Å². The van der Waals surface area contributed by atoms with Gasteiger partial charge in [0.2, 0.25) is 5.91 Å². The van der Waals surface area contributed by atoms with E-state index in [0.717, 1.165) is 12.0 Å². The van der Waals surface area contributed by atoms with Gasteiger partial charge in [0.15, 0.2) is 0 Å². The van der Waals surface area contributed by atoms with Crippen molar-refractivity contribution in [3.63, 3.8) is 0 Å². The minimum absolute atomic E-state index is 0.0592. The summed E-state index contributed by atoms with van der Waals surface area (Å²) in [6.07, 6.45) is 0.283. The van der Waals surface area contributed by atoms with Crippen molar-refractivity contribution in [3.05, 3.63) is 35.9 Å². The van der Waals surface area contributed by atoms with E-state index in [4.69, 9.17) is 4.74 Å².